The van der Waals surface area contributed by atoms with Gasteiger partial charge in [0.1, 0.15) is 0 Å². The summed E-state index contributed by atoms with van der Waals surface area (Å²) < 4.78 is 5.44. The Morgan fingerprint density at radius 3 is 0.825 bits per heavy atom. The Labute approximate surface area is 390 Å². The fourth-order valence-corrected chi connectivity index (χ4v) is 8.41. The summed E-state index contributed by atoms with van der Waals surface area (Å²) in [5.41, 5.74) is 12.5. The first-order valence-electron chi connectivity index (χ1n) is 24.6. The predicted octanol–water partition coefficient (Wildman–Crippen LogP) is 19.2. The van der Waals surface area contributed by atoms with Crippen LogP contribution in [0.1, 0.15) is 196 Å². The fourth-order valence-electron chi connectivity index (χ4n) is 8.41. The van der Waals surface area contributed by atoms with Gasteiger partial charge in [0, 0.05) is 7.11 Å². The Morgan fingerprint density at radius 1 is 0.317 bits per heavy atom. The van der Waals surface area contributed by atoms with Crippen LogP contribution in [-0.4, -0.2) is 7.11 Å². The van der Waals surface area contributed by atoms with Crippen molar-refractivity contribution in [2.45, 2.75) is 174 Å². The van der Waals surface area contributed by atoms with Crippen LogP contribution in [0, 0.1) is 57.3 Å². The van der Waals surface area contributed by atoms with Gasteiger partial charge < -0.3 is 4.74 Å². The fraction of sp³-hybridized carbons (Fsp3) is 0.516. The standard InChI is InChI=1S/2C13H20.C12H18O.2C12H18/c2*1-5-13(10(2)3)12-8-6-11(4)7-9-12;1-9(2)12(13-4)11-7-5-10(3)6-8-11;1-9(2)11(4)12-7-5-10(3)6-8-12;1-4-12(10(2)3)11-8-6-5-7-9-11/h2*6-10,13H,5H2,1-4H3;5-9,12H,1-4H3;5-9,11H,1-4H3;5-10,12H,4H2,1-3H3. The minimum atomic E-state index is 0.223. The molecule has 0 aromatic heterocycles. The lowest BCUT2D eigenvalue weighted by atomic mass is 9.86. The number of ether oxygens (including phenoxy) is 1. The highest BCUT2D eigenvalue weighted by Crippen LogP contribution is 2.30. The summed E-state index contributed by atoms with van der Waals surface area (Å²) in [5, 5.41) is 0. The molecular weight excluding hydrogens is 761 g/mol. The van der Waals surface area contributed by atoms with E-state index < -0.39 is 0 Å². The van der Waals surface area contributed by atoms with Crippen molar-refractivity contribution >= 4 is 0 Å². The van der Waals surface area contributed by atoms with Crippen LogP contribution >= 0.6 is 0 Å². The molecule has 5 aromatic carbocycles. The molecule has 0 aliphatic heterocycles. The SMILES string of the molecule is CCC(c1ccc(C)cc1)C(C)C.CCC(c1ccc(C)cc1)C(C)C.CCC(c1ccccc1)C(C)C.COC(c1ccc(C)cc1)C(C)C.Cc1ccc(C(C)C(C)C)cc1. The van der Waals surface area contributed by atoms with E-state index in [0.717, 1.165) is 41.4 Å². The van der Waals surface area contributed by atoms with Crippen molar-refractivity contribution in [2.75, 3.05) is 7.11 Å². The normalized spacial score (nSPS) is 13.3. The molecule has 0 bridgehead atoms. The highest BCUT2D eigenvalue weighted by molar-refractivity contribution is 5.27. The van der Waals surface area contributed by atoms with Crippen LogP contribution in [0.4, 0.5) is 0 Å². The van der Waals surface area contributed by atoms with Crippen molar-refractivity contribution in [3.63, 3.8) is 0 Å². The Morgan fingerprint density at radius 2 is 0.587 bits per heavy atom. The van der Waals surface area contributed by atoms with Crippen LogP contribution in [0.25, 0.3) is 0 Å². The van der Waals surface area contributed by atoms with Crippen molar-refractivity contribution in [3.05, 3.63) is 177 Å². The van der Waals surface area contributed by atoms with Gasteiger partial charge in [-0.25, -0.2) is 0 Å². The van der Waals surface area contributed by atoms with Crippen molar-refractivity contribution in [3.8, 4) is 0 Å². The second-order valence-corrected chi connectivity index (χ2v) is 19.8. The van der Waals surface area contributed by atoms with Gasteiger partial charge in [-0.1, -0.05) is 247 Å². The second-order valence-electron chi connectivity index (χ2n) is 19.8. The van der Waals surface area contributed by atoms with E-state index in [9.17, 15) is 0 Å². The summed E-state index contributed by atoms with van der Waals surface area (Å²) in [7, 11) is 1.77. The lowest BCUT2D eigenvalue weighted by Crippen LogP contribution is -2.08. The topological polar surface area (TPSA) is 9.23 Å². The molecule has 0 saturated carbocycles. The summed E-state index contributed by atoms with van der Waals surface area (Å²) >= 11 is 0. The number of rotatable bonds is 14. The third-order valence-electron chi connectivity index (χ3n) is 12.8. The van der Waals surface area contributed by atoms with Crippen molar-refractivity contribution < 1.29 is 4.74 Å². The zero-order valence-corrected chi connectivity index (χ0v) is 43.9. The van der Waals surface area contributed by atoms with E-state index in [1.165, 1.54) is 69.3 Å². The molecule has 0 saturated heterocycles. The van der Waals surface area contributed by atoms with E-state index in [0.29, 0.717) is 11.8 Å². The molecule has 0 N–H and O–H groups in total. The quantitative estimate of drug-likeness (QED) is 0.108. The summed E-state index contributed by atoms with van der Waals surface area (Å²) in [4.78, 5) is 0. The molecule has 0 amide bonds. The molecule has 1 nitrogen and oxygen atoms in total. The van der Waals surface area contributed by atoms with Gasteiger partial charge in [0.05, 0.1) is 6.10 Å². The number of hydrogen-bond donors (Lipinski definition) is 0. The monoisotopic (exact) mass is 855 g/mol. The van der Waals surface area contributed by atoms with Gasteiger partial charge in [0.2, 0.25) is 0 Å². The van der Waals surface area contributed by atoms with Crippen LogP contribution in [0.3, 0.4) is 0 Å². The van der Waals surface area contributed by atoms with Gasteiger partial charge in [0.25, 0.3) is 0 Å². The molecule has 1 heteroatoms. The predicted molar refractivity (Wildman–Crippen MR) is 283 cm³/mol. The molecule has 0 spiro atoms. The van der Waals surface area contributed by atoms with Gasteiger partial charge in [-0.15, -0.1) is 0 Å². The van der Waals surface area contributed by atoms with E-state index >= 15 is 0 Å². The van der Waals surface area contributed by atoms with Crippen molar-refractivity contribution in [1.29, 1.82) is 0 Å². The molecule has 0 fully saturated rings. The van der Waals surface area contributed by atoms with Gasteiger partial charge >= 0.3 is 0 Å². The summed E-state index contributed by atoms with van der Waals surface area (Å²) in [6, 6.07) is 46.1. The lowest BCUT2D eigenvalue weighted by molar-refractivity contribution is 0.0646. The lowest BCUT2D eigenvalue weighted by Gasteiger charge is -2.19. The molecule has 5 unspecified atom stereocenters. The first-order valence-corrected chi connectivity index (χ1v) is 24.6. The largest absolute Gasteiger partial charge is 0.376 e. The summed E-state index contributed by atoms with van der Waals surface area (Å²) in [6.07, 6.45) is 3.93. The van der Waals surface area contributed by atoms with Crippen LogP contribution < -0.4 is 0 Å². The Bertz CT molecular complexity index is 1690. The minimum absolute atomic E-state index is 0.223. The van der Waals surface area contributed by atoms with Gasteiger partial charge in [-0.05, 0) is 128 Å². The maximum absolute atomic E-state index is 5.44. The molecule has 5 aromatic rings. The maximum atomic E-state index is 5.44. The molecule has 0 radical (unpaired) electrons. The van der Waals surface area contributed by atoms with Crippen LogP contribution in [0.15, 0.2) is 127 Å². The van der Waals surface area contributed by atoms with Gasteiger partial charge in [-0.2, -0.15) is 0 Å². The smallest absolute Gasteiger partial charge is 0.0844 e. The van der Waals surface area contributed by atoms with E-state index in [-0.39, 0.29) is 6.10 Å². The highest BCUT2D eigenvalue weighted by atomic mass is 16.5. The number of methoxy groups -OCH3 is 1. The molecular formula is C62H94O. The third-order valence-corrected chi connectivity index (χ3v) is 12.8. The minimum Gasteiger partial charge on any atom is -0.376 e. The maximum Gasteiger partial charge on any atom is 0.0844 e. The highest BCUT2D eigenvalue weighted by Gasteiger charge is 2.16. The zero-order valence-electron chi connectivity index (χ0n) is 43.9. The first kappa shape index (κ1) is 57.1. The van der Waals surface area contributed by atoms with E-state index in [1.54, 1.807) is 7.11 Å². The Kier molecular flexibility index (Phi) is 28.1. The molecule has 0 aliphatic rings. The Hall–Kier alpha value is -3.94. The average Bonchev–Trinajstić information content (AvgIpc) is 3.25. The molecule has 0 heterocycles. The summed E-state index contributed by atoms with van der Waals surface area (Å²) in [6.45, 7) is 40.3. The zero-order chi connectivity index (χ0) is 47.6. The van der Waals surface area contributed by atoms with Gasteiger partial charge in [0.15, 0.2) is 0 Å². The van der Waals surface area contributed by atoms with E-state index in [2.05, 4.69) is 252 Å². The number of aryl methyl sites for hydroxylation is 4. The number of benzene rings is 5. The molecule has 5 atom stereocenters. The molecule has 63 heavy (non-hydrogen) atoms. The number of hydrogen-bond acceptors (Lipinski definition) is 1. The van der Waals surface area contributed by atoms with Crippen LogP contribution in [0.5, 0.6) is 0 Å². The third kappa shape index (κ3) is 21.5. The van der Waals surface area contributed by atoms with E-state index in [4.69, 9.17) is 4.74 Å². The van der Waals surface area contributed by atoms with Crippen LogP contribution in [0.2, 0.25) is 0 Å². The second kappa shape index (κ2) is 31.0. The summed E-state index contributed by atoms with van der Waals surface area (Å²) in [5.74, 6) is 6.33. The van der Waals surface area contributed by atoms with Crippen LogP contribution in [-0.2, 0) is 4.74 Å². The van der Waals surface area contributed by atoms with E-state index in [1.807, 2.05) is 0 Å². The Balaban J connectivity index is 0.000000394. The van der Waals surface area contributed by atoms with Crippen molar-refractivity contribution in [2.24, 2.45) is 29.6 Å². The molecule has 0 aliphatic carbocycles. The van der Waals surface area contributed by atoms with Crippen molar-refractivity contribution in [1.82, 2.24) is 0 Å². The molecule has 5 rings (SSSR count). The molecule has 348 valence electrons. The first-order chi connectivity index (χ1) is 29.8. The van der Waals surface area contributed by atoms with Gasteiger partial charge in [-0.3, -0.25) is 0 Å². The average molecular weight is 855 g/mol.